The van der Waals surface area contributed by atoms with Gasteiger partial charge in [-0.25, -0.2) is 4.79 Å². The summed E-state index contributed by atoms with van der Waals surface area (Å²) in [6.07, 6.45) is 4.37. The average Bonchev–Trinajstić information content (AvgIpc) is 1.89. The van der Waals surface area contributed by atoms with E-state index in [-0.39, 0.29) is 21.1 Å². The Bertz CT molecular complexity index is 141. The number of carbonyl (C=O) groups is 1. The molecule has 0 saturated carbocycles. The third kappa shape index (κ3) is 6.30. The average molecular weight is 238 g/mol. The van der Waals surface area contributed by atoms with Crippen molar-refractivity contribution in [2.24, 2.45) is 0 Å². The van der Waals surface area contributed by atoms with Gasteiger partial charge in [-0.2, -0.15) is 0 Å². The first kappa shape index (κ1) is 13.5. The fourth-order valence-corrected chi connectivity index (χ4v) is 0.742. The van der Waals surface area contributed by atoms with Crippen LogP contribution in [-0.4, -0.2) is 11.1 Å². The summed E-state index contributed by atoms with van der Waals surface area (Å²) < 4.78 is 0. The summed E-state index contributed by atoms with van der Waals surface area (Å²) >= 11 is 0. The van der Waals surface area contributed by atoms with E-state index in [4.69, 9.17) is 5.11 Å². The summed E-state index contributed by atoms with van der Waals surface area (Å²) in [7, 11) is 0. The molecule has 0 amide bonds. The molecule has 1 N–H and O–H groups in total. The van der Waals surface area contributed by atoms with Crippen LogP contribution in [0.2, 0.25) is 0 Å². The Hall–Kier alpha value is -0.102. The van der Waals surface area contributed by atoms with Gasteiger partial charge in [-0.15, -0.1) is 0 Å². The van der Waals surface area contributed by atoms with Crippen molar-refractivity contribution in [3.63, 3.8) is 0 Å². The van der Waals surface area contributed by atoms with Gasteiger partial charge in [0.15, 0.2) is 0 Å². The predicted octanol–water partition coefficient (Wildman–Crippen LogP) is 2.20. The van der Waals surface area contributed by atoms with Crippen molar-refractivity contribution in [2.45, 2.75) is 33.1 Å². The topological polar surface area (TPSA) is 37.3 Å². The molecule has 0 unspecified atom stereocenters. The Labute approximate surface area is 81.9 Å². The van der Waals surface area contributed by atoms with Gasteiger partial charge in [-0.05, 0) is 19.8 Å². The molecule has 0 aromatic rings. The van der Waals surface area contributed by atoms with Gasteiger partial charge in [0.05, 0.1) is 0 Å². The van der Waals surface area contributed by atoms with E-state index in [0.29, 0.717) is 12.0 Å². The fourth-order valence-electron chi connectivity index (χ4n) is 0.742. The van der Waals surface area contributed by atoms with Gasteiger partial charge in [0.25, 0.3) is 0 Å². The summed E-state index contributed by atoms with van der Waals surface area (Å²) in [6.45, 7) is 3.81. The van der Waals surface area contributed by atoms with Crippen LogP contribution in [0.15, 0.2) is 11.6 Å². The van der Waals surface area contributed by atoms with E-state index in [2.05, 4.69) is 6.92 Å². The van der Waals surface area contributed by atoms with Gasteiger partial charge in [0.1, 0.15) is 0 Å². The van der Waals surface area contributed by atoms with Crippen molar-refractivity contribution >= 4 is 5.97 Å². The van der Waals surface area contributed by atoms with Crippen LogP contribution in [0.4, 0.5) is 0 Å². The van der Waals surface area contributed by atoms with E-state index in [0.717, 1.165) is 12.8 Å². The summed E-state index contributed by atoms with van der Waals surface area (Å²) in [5.74, 6) is -0.782. The largest absolute Gasteiger partial charge is 0.478 e. The number of aliphatic carboxylic acids is 1. The molecule has 0 aliphatic heterocycles. The first-order valence-electron chi connectivity index (χ1n) is 3.60. The van der Waals surface area contributed by atoms with Crippen LogP contribution in [-0.2, 0) is 25.9 Å². The van der Waals surface area contributed by atoms with E-state index in [1.165, 1.54) is 0 Å². The van der Waals surface area contributed by atoms with E-state index in [1.54, 1.807) is 13.0 Å². The van der Waals surface area contributed by atoms with Gasteiger partial charge < -0.3 is 5.11 Å². The molecule has 0 aliphatic carbocycles. The van der Waals surface area contributed by atoms with Gasteiger partial charge in [0.2, 0.25) is 0 Å². The van der Waals surface area contributed by atoms with Crippen LogP contribution in [0.3, 0.4) is 0 Å². The minimum absolute atomic E-state index is 0. The molecule has 0 aliphatic rings. The number of rotatable bonds is 4. The van der Waals surface area contributed by atoms with Gasteiger partial charge in [-0.1, -0.05) is 19.4 Å². The number of unbranched alkanes of at least 4 members (excludes halogenated alkanes) is 1. The summed E-state index contributed by atoms with van der Waals surface area (Å²) in [6, 6.07) is 0. The van der Waals surface area contributed by atoms with Crippen molar-refractivity contribution in [3.05, 3.63) is 11.6 Å². The monoisotopic (exact) mass is 240 g/mol. The third-order valence-corrected chi connectivity index (χ3v) is 1.42. The number of allylic oxidation sites excluding steroid dienone is 1. The second-order valence-corrected chi connectivity index (χ2v) is 2.22. The second-order valence-electron chi connectivity index (χ2n) is 2.22. The van der Waals surface area contributed by atoms with Crippen molar-refractivity contribution in [3.8, 4) is 0 Å². The van der Waals surface area contributed by atoms with Crippen LogP contribution in [0.1, 0.15) is 33.1 Å². The molecule has 0 saturated heterocycles. The van der Waals surface area contributed by atoms with Gasteiger partial charge in [-0.3, -0.25) is 0 Å². The molecule has 0 heterocycles. The van der Waals surface area contributed by atoms with Crippen LogP contribution in [0.25, 0.3) is 0 Å². The van der Waals surface area contributed by atoms with Crippen LogP contribution < -0.4 is 0 Å². The third-order valence-electron chi connectivity index (χ3n) is 1.42. The molecule has 0 atom stereocenters. The Morgan fingerprint density at radius 2 is 2.09 bits per heavy atom. The summed E-state index contributed by atoms with van der Waals surface area (Å²) in [5.41, 5.74) is 0.529. The fraction of sp³-hybridized carbons (Fsp3) is 0.625. The molecular weight excluding hydrogens is 224 g/mol. The van der Waals surface area contributed by atoms with Crippen molar-refractivity contribution in [2.75, 3.05) is 0 Å². The maximum atomic E-state index is 10.4. The zero-order valence-electron chi connectivity index (χ0n) is 6.96. The molecule has 64 valence electrons. The normalized spacial score (nSPS) is 10.5. The van der Waals surface area contributed by atoms with E-state index in [9.17, 15) is 4.79 Å². The molecule has 0 aromatic carbocycles. The predicted molar refractivity (Wildman–Crippen MR) is 40.9 cm³/mol. The Morgan fingerprint density at radius 1 is 1.55 bits per heavy atom. The van der Waals surface area contributed by atoms with Crippen LogP contribution in [0, 0.1) is 0 Å². The summed E-state index contributed by atoms with van der Waals surface area (Å²) in [4.78, 5) is 10.4. The van der Waals surface area contributed by atoms with Gasteiger partial charge in [0, 0.05) is 26.6 Å². The minimum Gasteiger partial charge on any atom is -0.478 e. The number of hydrogen-bond donors (Lipinski definition) is 1. The smallest absolute Gasteiger partial charge is 0.331 e. The zero-order chi connectivity index (χ0) is 7.98. The SMILES string of the molecule is CC=C(CCCC)C(=O)O.[Mo]. The number of carboxylic acids is 1. The zero-order valence-corrected chi connectivity index (χ0v) is 8.97. The van der Waals surface area contributed by atoms with Crippen LogP contribution in [0.5, 0.6) is 0 Å². The van der Waals surface area contributed by atoms with Crippen molar-refractivity contribution in [1.29, 1.82) is 0 Å². The Kier molecular flexibility index (Phi) is 9.81. The van der Waals surface area contributed by atoms with Crippen molar-refractivity contribution in [1.82, 2.24) is 0 Å². The minimum atomic E-state index is -0.782. The molecule has 0 rings (SSSR count). The first-order valence-corrected chi connectivity index (χ1v) is 3.60. The molecule has 11 heavy (non-hydrogen) atoms. The van der Waals surface area contributed by atoms with Crippen molar-refractivity contribution < 1.29 is 31.0 Å². The first-order chi connectivity index (χ1) is 4.72. The molecule has 0 fully saturated rings. The van der Waals surface area contributed by atoms with Crippen LogP contribution >= 0.6 is 0 Å². The van der Waals surface area contributed by atoms with E-state index < -0.39 is 5.97 Å². The second kappa shape index (κ2) is 8.00. The molecule has 0 aromatic heterocycles. The molecule has 0 spiro atoms. The van der Waals surface area contributed by atoms with E-state index in [1.807, 2.05) is 0 Å². The molecule has 0 bridgehead atoms. The summed E-state index contributed by atoms with van der Waals surface area (Å²) in [5, 5.41) is 8.53. The Balaban J connectivity index is 0. The standard InChI is InChI=1S/C8H14O2.Mo/c1-3-5-6-7(4-2)8(9)10;/h4H,3,5-6H2,1-2H3,(H,9,10);. The molecule has 0 radical (unpaired) electrons. The number of hydrogen-bond acceptors (Lipinski definition) is 1. The maximum absolute atomic E-state index is 10.4. The maximum Gasteiger partial charge on any atom is 0.331 e. The quantitative estimate of drug-likeness (QED) is 0.602. The molecular formula is C8H14MoO2. The number of carboxylic acid groups (broad SMARTS) is 1. The van der Waals surface area contributed by atoms with Gasteiger partial charge >= 0.3 is 5.97 Å². The molecule has 3 heteroatoms. The molecule has 2 nitrogen and oxygen atoms in total. The van der Waals surface area contributed by atoms with E-state index >= 15 is 0 Å². The Morgan fingerprint density at radius 3 is 2.36 bits per heavy atom.